The van der Waals surface area contributed by atoms with Gasteiger partial charge >= 0.3 is 16.5 Å². The van der Waals surface area contributed by atoms with Crippen LogP contribution in [0.15, 0.2) is 28.7 Å². The Kier molecular flexibility index (Phi) is 8.66. The molecule has 27 heavy (non-hydrogen) atoms. The molecule has 0 aliphatic carbocycles. The predicted octanol–water partition coefficient (Wildman–Crippen LogP) is 2.63. The van der Waals surface area contributed by atoms with Gasteiger partial charge in [-0.15, -0.1) is 0 Å². The molecule has 0 bridgehead atoms. The van der Waals surface area contributed by atoms with Gasteiger partial charge in [-0.3, -0.25) is 14.2 Å². The average molecular weight is 467 g/mol. The summed E-state index contributed by atoms with van der Waals surface area (Å²) in [6.45, 7) is 3.15. The molecule has 0 saturated heterocycles. The van der Waals surface area contributed by atoms with Gasteiger partial charge in [0.05, 0.1) is 6.61 Å². The van der Waals surface area contributed by atoms with E-state index in [1.54, 1.807) is 24.3 Å². The molecule has 9 nitrogen and oxygen atoms in total. The van der Waals surface area contributed by atoms with E-state index in [9.17, 15) is 23.1 Å². The molecule has 0 aliphatic rings. The van der Waals surface area contributed by atoms with E-state index in [1.807, 2.05) is 13.8 Å². The van der Waals surface area contributed by atoms with Crippen LogP contribution in [0.5, 0.6) is 0 Å². The van der Waals surface area contributed by atoms with E-state index in [4.69, 9.17) is 4.55 Å². The first kappa shape index (κ1) is 23.3. The molecule has 0 heterocycles. The molecule has 0 aromatic heterocycles. The van der Waals surface area contributed by atoms with Crippen molar-refractivity contribution in [3.8, 4) is 0 Å². The maximum absolute atomic E-state index is 12.9. The van der Waals surface area contributed by atoms with Gasteiger partial charge in [-0.2, -0.15) is 8.42 Å². The molecule has 2 amide bonds. The molecule has 11 heteroatoms. The summed E-state index contributed by atoms with van der Waals surface area (Å²) in [7, 11) is -3.20. The van der Waals surface area contributed by atoms with Crippen LogP contribution in [0.4, 0.5) is 10.5 Å². The fraction of sp³-hybridized carbons (Fsp3) is 0.500. The minimum Gasteiger partial charge on any atom is -0.465 e. The number of rotatable bonds is 9. The van der Waals surface area contributed by atoms with Crippen LogP contribution >= 0.6 is 15.9 Å². The summed E-state index contributed by atoms with van der Waals surface area (Å²) < 4.78 is 34.8. The van der Waals surface area contributed by atoms with Gasteiger partial charge in [0.1, 0.15) is 6.04 Å². The second-order valence-electron chi connectivity index (χ2n) is 6.28. The molecule has 2 N–H and O–H groups in total. The van der Waals surface area contributed by atoms with E-state index < -0.39 is 35.0 Å². The van der Waals surface area contributed by atoms with E-state index in [1.165, 1.54) is 11.9 Å². The maximum Gasteiger partial charge on any atom is 0.412 e. The third-order valence-corrected chi connectivity index (χ3v) is 4.63. The first-order chi connectivity index (χ1) is 12.4. The highest BCUT2D eigenvalue weighted by Crippen LogP contribution is 2.24. The Balaban J connectivity index is 3.07. The van der Waals surface area contributed by atoms with Gasteiger partial charge in [-0.1, -0.05) is 29.8 Å². The normalized spacial score (nSPS) is 12.7. The van der Waals surface area contributed by atoms with Crippen molar-refractivity contribution in [2.24, 2.45) is 5.92 Å². The highest BCUT2D eigenvalue weighted by atomic mass is 79.9. The number of amides is 2. The van der Waals surface area contributed by atoms with Crippen molar-refractivity contribution < 1.29 is 31.8 Å². The second-order valence-corrected chi connectivity index (χ2v) is 8.29. The topological polar surface area (TPSA) is 124 Å². The van der Waals surface area contributed by atoms with E-state index in [0.29, 0.717) is 5.69 Å². The Morgan fingerprint density at radius 2 is 1.78 bits per heavy atom. The van der Waals surface area contributed by atoms with Gasteiger partial charge in [0.25, 0.3) is 0 Å². The second kappa shape index (κ2) is 10.0. The zero-order valence-corrected chi connectivity index (χ0v) is 17.6. The van der Waals surface area contributed by atoms with Crippen LogP contribution in [0.25, 0.3) is 0 Å². The molecule has 1 atom stereocenters. The summed E-state index contributed by atoms with van der Waals surface area (Å²) >= 11 is 3.28. The summed E-state index contributed by atoms with van der Waals surface area (Å²) in [4.78, 5) is 26.9. The van der Waals surface area contributed by atoms with Crippen LogP contribution in [-0.2, 0) is 19.4 Å². The number of halogens is 1. The van der Waals surface area contributed by atoms with Crippen molar-refractivity contribution in [3.63, 3.8) is 0 Å². The number of carboxylic acid groups (broad SMARTS) is 1. The van der Waals surface area contributed by atoms with Crippen LogP contribution in [0, 0.1) is 5.92 Å². The van der Waals surface area contributed by atoms with Crippen molar-refractivity contribution >= 4 is 44.0 Å². The van der Waals surface area contributed by atoms with Gasteiger partial charge < -0.3 is 10.0 Å². The summed E-state index contributed by atoms with van der Waals surface area (Å²) in [5.74, 6) is -0.480. The average Bonchev–Trinajstić information content (AvgIpc) is 2.53. The van der Waals surface area contributed by atoms with E-state index >= 15 is 0 Å². The molecule has 0 aliphatic heterocycles. The number of hydrogen-bond acceptors (Lipinski definition) is 5. The molecule has 152 valence electrons. The molecule has 1 aromatic carbocycles. The number of anilines is 1. The van der Waals surface area contributed by atoms with E-state index in [-0.39, 0.29) is 18.9 Å². The van der Waals surface area contributed by atoms with E-state index in [2.05, 4.69) is 20.1 Å². The first-order valence-electron chi connectivity index (χ1n) is 8.07. The SMILES string of the molecule is CC(C)C[C@@H](C(=O)N(C)CCOS(=O)(=O)O)N(C(=O)O)c1ccc(Br)cc1. The predicted molar refractivity (Wildman–Crippen MR) is 103 cm³/mol. The van der Waals surface area contributed by atoms with Gasteiger partial charge in [-0.05, 0) is 36.6 Å². The van der Waals surface area contributed by atoms with Crippen molar-refractivity contribution in [1.29, 1.82) is 0 Å². The van der Waals surface area contributed by atoms with Crippen molar-refractivity contribution in [1.82, 2.24) is 4.90 Å². The number of likely N-dealkylation sites (N-methyl/N-ethyl adjacent to an activating group) is 1. The highest BCUT2D eigenvalue weighted by Gasteiger charge is 2.33. The Labute approximate surface area is 167 Å². The summed E-state index contributed by atoms with van der Waals surface area (Å²) in [5, 5.41) is 9.70. The summed E-state index contributed by atoms with van der Waals surface area (Å²) in [5.41, 5.74) is 0.340. The summed E-state index contributed by atoms with van der Waals surface area (Å²) in [6.07, 6.45) is -1.01. The number of carbonyl (C=O) groups is 2. The monoisotopic (exact) mass is 466 g/mol. The minimum atomic E-state index is -4.61. The molecular formula is C16H23BrN2O7S. The zero-order valence-electron chi connectivity index (χ0n) is 15.2. The van der Waals surface area contributed by atoms with Gasteiger partial charge in [0.2, 0.25) is 5.91 Å². The maximum atomic E-state index is 12.9. The molecule has 0 unspecified atom stereocenters. The Morgan fingerprint density at radius 3 is 2.22 bits per heavy atom. The number of carbonyl (C=O) groups excluding carboxylic acids is 1. The molecule has 0 spiro atoms. The van der Waals surface area contributed by atoms with Crippen LogP contribution in [0.1, 0.15) is 20.3 Å². The third kappa shape index (κ3) is 7.83. The first-order valence-corrected chi connectivity index (χ1v) is 10.2. The van der Waals surface area contributed by atoms with Gasteiger partial charge in [0.15, 0.2) is 0 Å². The molecule has 0 fully saturated rings. The zero-order chi connectivity index (χ0) is 20.8. The lowest BCUT2D eigenvalue weighted by Gasteiger charge is -2.32. The smallest absolute Gasteiger partial charge is 0.412 e. The van der Waals surface area contributed by atoms with Crippen LogP contribution in [-0.4, -0.2) is 61.2 Å². The molecule has 0 saturated carbocycles. The lowest BCUT2D eigenvalue weighted by atomic mass is 10.0. The molecule has 1 rings (SSSR count). The molecule has 1 aromatic rings. The molecule has 0 radical (unpaired) electrons. The third-order valence-electron chi connectivity index (χ3n) is 3.64. The highest BCUT2D eigenvalue weighted by molar-refractivity contribution is 9.10. The van der Waals surface area contributed by atoms with Crippen molar-refractivity contribution in [3.05, 3.63) is 28.7 Å². The van der Waals surface area contributed by atoms with Crippen molar-refractivity contribution in [2.75, 3.05) is 25.1 Å². The number of benzene rings is 1. The van der Waals surface area contributed by atoms with Crippen LogP contribution < -0.4 is 4.90 Å². The standard InChI is InChI=1S/C16H23BrN2O7S/c1-11(2)10-14(15(20)18(3)8-9-26-27(23,24)25)19(16(21)22)13-6-4-12(17)5-7-13/h4-7,11,14H,8-10H2,1-3H3,(H,21,22)(H,23,24,25)/t14-/m0/s1. The number of hydrogen-bond donors (Lipinski definition) is 2. The summed E-state index contributed by atoms with van der Waals surface area (Å²) in [6, 6.07) is 5.51. The van der Waals surface area contributed by atoms with Crippen molar-refractivity contribution in [2.45, 2.75) is 26.3 Å². The van der Waals surface area contributed by atoms with Crippen LogP contribution in [0.3, 0.4) is 0 Å². The quantitative estimate of drug-likeness (QED) is 0.535. The van der Waals surface area contributed by atoms with Gasteiger partial charge in [-0.25, -0.2) is 8.98 Å². The lowest BCUT2D eigenvalue weighted by Crippen LogP contribution is -2.51. The fourth-order valence-electron chi connectivity index (χ4n) is 2.43. The number of nitrogens with zero attached hydrogens (tertiary/aromatic N) is 2. The fourth-order valence-corrected chi connectivity index (χ4v) is 2.98. The minimum absolute atomic E-state index is 0.0266. The van der Waals surface area contributed by atoms with Gasteiger partial charge in [0, 0.05) is 23.8 Å². The largest absolute Gasteiger partial charge is 0.465 e. The molecular weight excluding hydrogens is 444 g/mol. The van der Waals surface area contributed by atoms with Crippen LogP contribution in [0.2, 0.25) is 0 Å². The Morgan fingerprint density at radius 1 is 1.22 bits per heavy atom. The Bertz CT molecular complexity index is 753. The Hall–Kier alpha value is -1.69. The lowest BCUT2D eigenvalue weighted by molar-refractivity contribution is -0.132. The van der Waals surface area contributed by atoms with E-state index in [0.717, 1.165) is 9.37 Å².